The second-order valence-corrected chi connectivity index (χ2v) is 4.55. The molecule has 3 atom stereocenters. The molecule has 7 nitrogen and oxygen atoms in total. The molecule has 1 aliphatic carbocycles. The smallest absolute Gasteiger partial charge is 0.180 e. The number of rotatable bonds is 2. The molecule has 3 rings (SSSR count). The van der Waals surface area contributed by atoms with E-state index >= 15 is 0 Å². The quantitative estimate of drug-likeness (QED) is 0.518. The summed E-state index contributed by atoms with van der Waals surface area (Å²) in [7, 11) is 0. The summed E-state index contributed by atoms with van der Waals surface area (Å²) in [6.07, 6.45) is 4.43. The summed E-state index contributed by atoms with van der Waals surface area (Å²) in [5.41, 5.74) is 7.33. The Morgan fingerprint density at radius 1 is 1.32 bits per heavy atom. The lowest BCUT2D eigenvalue weighted by molar-refractivity contribution is 0.0397. The molecule has 5 N–H and O–H groups in total. The van der Waals surface area contributed by atoms with Crippen molar-refractivity contribution in [3.05, 3.63) is 35.9 Å². The predicted molar refractivity (Wildman–Crippen MR) is 67.3 cm³/mol. The Morgan fingerprint density at radius 3 is 2.79 bits per heavy atom. The van der Waals surface area contributed by atoms with Gasteiger partial charge in [0.15, 0.2) is 11.5 Å². The number of aliphatic hydroxyl groups excluding tert-OH is 3. The molecule has 0 radical (unpaired) electrons. The van der Waals surface area contributed by atoms with Crippen LogP contribution in [-0.4, -0.2) is 48.5 Å². The Kier molecular flexibility index (Phi) is 2.74. The van der Waals surface area contributed by atoms with Crippen LogP contribution < -0.4 is 5.73 Å². The standard InChI is InChI=1S/C12H14N4O3/c13-11-12-15-4-8(16(12)2-1-14-11)7-3-6(5-17)9(18)10(7)19/h1-4,7,9-10,17-19H,5H2,(H2,13,14)/t7-,9+,10-/m0/s1. The largest absolute Gasteiger partial charge is 0.392 e. The van der Waals surface area contributed by atoms with E-state index in [-0.39, 0.29) is 6.61 Å². The minimum absolute atomic E-state index is 0.283. The van der Waals surface area contributed by atoms with Crippen molar-refractivity contribution in [1.29, 1.82) is 0 Å². The Balaban J connectivity index is 2.11. The van der Waals surface area contributed by atoms with Crippen LogP contribution in [0.5, 0.6) is 0 Å². The summed E-state index contributed by atoms with van der Waals surface area (Å²) in [5.74, 6) is -0.137. The van der Waals surface area contributed by atoms with E-state index in [1.165, 1.54) is 0 Å². The van der Waals surface area contributed by atoms with Crippen LogP contribution in [0.1, 0.15) is 11.6 Å². The maximum absolute atomic E-state index is 10.1. The SMILES string of the molecule is Nc1nccn2c([C@@H]3C=C(CO)[C@@H](O)[C@H]3O)cnc12. The van der Waals surface area contributed by atoms with Crippen molar-refractivity contribution in [2.75, 3.05) is 12.3 Å². The zero-order chi connectivity index (χ0) is 13.6. The van der Waals surface area contributed by atoms with Gasteiger partial charge in [-0.1, -0.05) is 6.08 Å². The molecule has 0 unspecified atom stereocenters. The first-order chi connectivity index (χ1) is 9.13. The molecule has 0 aliphatic heterocycles. The van der Waals surface area contributed by atoms with E-state index < -0.39 is 18.1 Å². The molecule has 2 aromatic heterocycles. The second kappa shape index (κ2) is 4.30. The molecular formula is C12H14N4O3. The summed E-state index contributed by atoms with van der Waals surface area (Å²) in [4.78, 5) is 8.10. The van der Waals surface area contributed by atoms with Crippen LogP contribution in [0.25, 0.3) is 5.65 Å². The number of nitrogens with zero attached hydrogens (tertiary/aromatic N) is 3. The molecule has 2 aromatic rings. The number of hydrogen-bond acceptors (Lipinski definition) is 6. The van der Waals surface area contributed by atoms with Gasteiger partial charge in [0.1, 0.15) is 6.10 Å². The number of fused-ring (bicyclic) bond motifs is 1. The lowest BCUT2D eigenvalue weighted by atomic mass is 10.0. The fourth-order valence-corrected chi connectivity index (χ4v) is 2.45. The fraction of sp³-hybridized carbons (Fsp3) is 0.333. The van der Waals surface area contributed by atoms with Gasteiger partial charge >= 0.3 is 0 Å². The van der Waals surface area contributed by atoms with Crippen molar-refractivity contribution < 1.29 is 15.3 Å². The average molecular weight is 262 g/mol. The molecule has 0 saturated carbocycles. The number of hydrogen-bond donors (Lipinski definition) is 4. The normalized spacial score (nSPS) is 26.9. The van der Waals surface area contributed by atoms with E-state index in [1.54, 1.807) is 29.1 Å². The molecule has 0 amide bonds. The van der Waals surface area contributed by atoms with Gasteiger partial charge in [-0.25, -0.2) is 9.97 Å². The van der Waals surface area contributed by atoms with E-state index in [2.05, 4.69) is 9.97 Å². The highest BCUT2D eigenvalue weighted by atomic mass is 16.3. The van der Waals surface area contributed by atoms with E-state index in [0.717, 1.165) is 0 Å². The summed E-state index contributed by atoms with van der Waals surface area (Å²) in [6, 6.07) is 0. The topological polar surface area (TPSA) is 117 Å². The molecule has 100 valence electrons. The number of aromatic nitrogens is 3. The van der Waals surface area contributed by atoms with E-state index in [1.807, 2.05) is 0 Å². The lowest BCUT2D eigenvalue weighted by Gasteiger charge is -2.17. The number of aliphatic hydroxyl groups is 3. The third-order valence-corrected chi connectivity index (χ3v) is 3.47. The Labute approximate surface area is 108 Å². The molecular weight excluding hydrogens is 248 g/mol. The van der Waals surface area contributed by atoms with Crippen molar-refractivity contribution in [3.8, 4) is 0 Å². The summed E-state index contributed by atoms with van der Waals surface area (Å²) in [6.45, 7) is -0.283. The van der Waals surface area contributed by atoms with Gasteiger partial charge in [-0.05, 0) is 5.57 Å². The summed E-state index contributed by atoms with van der Waals surface area (Å²) < 4.78 is 1.72. The molecule has 0 fully saturated rings. The second-order valence-electron chi connectivity index (χ2n) is 4.55. The van der Waals surface area contributed by atoms with Gasteiger partial charge in [0.2, 0.25) is 0 Å². The molecule has 0 spiro atoms. The van der Waals surface area contributed by atoms with Gasteiger partial charge in [-0.3, -0.25) is 4.40 Å². The van der Waals surface area contributed by atoms with Crippen molar-refractivity contribution in [1.82, 2.24) is 14.4 Å². The minimum atomic E-state index is -1.06. The van der Waals surface area contributed by atoms with E-state index in [9.17, 15) is 10.2 Å². The van der Waals surface area contributed by atoms with Crippen LogP contribution in [0.4, 0.5) is 5.82 Å². The third kappa shape index (κ3) is 1.71. The van der Waals surface area contributed by atoms with Crippen molar-refractivity contribution in [2.24, 2.45) is 0 Å². The van der Waals surface area contributed by atoms with Crippen LogP contribution in [0.15, 0.2) is 30.2 Å². The number of nitrogens with two attached hydrogens (primary N) is 1. The highest BCUT2D eigenvalue weighted by molar-refractivity contribution is 5.60. The maximum atomic E-state index is 10.1. The first kappa shape index (κ1) is 12.1. The third-order valence-electron chi connectivity index (χ3n) is 3.47. The van der Waals surface area contributed by atoms with Crippen LogP contribution >= 0.6 is 0 Å². The number of anilines is 1. The molecule has 19 heavy (non-hydrogen) atoms. The number of nitrogen functional groups attached to an aromatic ring is 1. The van der Waals surface area contributed by atoms with Gasteiger partial charge in [0.25, 0.3) is 0 Å². The van der Waals surface area contributed by atoms with Crippen molar-refractivity contribution in [2.45, 2.75) is 18.1 Å². The summed E-state index contributed by atoms with van der Waals surface area (Å²) in [5, 5.41) is 29.0. The highest BCUT2D eigenvalue weighted by Crippen LogP contribution is 2.33. The molecule has 0 bridgehead atoms. The highest BCUT2D eigenvalue weighted by Gasteiger charge is 2.36. The van der Waals surface area contributed by atoms with E-state index in [4.69, 9.17) is 10.8 Å². The monoisotopic (exact) mass is 262 g/mol. The summed E-state index contributed by atoms with van der Waals surface area (Å²) >= 11 is 0. The maximum Gasteiger partial charge on any atom is 0.180 e. The Morgan fingerprint density at radius 2 is 2.11 bits per heavy atom. The van der Waals surface area contributed by atoms with E-state index in [0.29, 0.717) is 22.7 Å². The Hall–Kier alpha value is -1.96. The zero-order valence-electron chi connectivity index (χ0n) is 10.0. The van der Waals surface area contributed by atoms with Gasteiger partial charge in [0, 0.05) is 18.3 Å². The van der Waals surface area contributed by atoms with Crippen molar-refractivity contribution in [3.63, 3.8) is 0 Å². The average Bonchev–Trinajstić information content (AvgIpc) is 2.94. The first-order valence-electron chi connectivity index (χ1n) is 5.88. The molecule has 0 saturated heterocycles. The first-order valence-corrected chi connectivity index (χ1v) is 5.88. The van der Waals surface area contributed by atoms with Crippen LogP contribution in [0, 0.1) is 0 Å². The van der Waals surface area contributed by atoms with Crippen molar-refractivity contribution >= 4 is 11.5 Å². The van der Waals surface area contributed by atoms with Gasteiger partial charge in [-0.15, -0.1) is 0 Å². The van der Waals surface area contributed by atoms with Crippen LogP contribution in [-0.2, 0) is 0 Å². The van der Waals surface area contributed by atoms with Crippen LogP contribution in [0.3, 0.4) is 0 Å². The van der Waals surface area contributed by atoms with Crippen LogP contribution in [0.2, 0.25) is 0 Å². The molecule has 7 heteroatoms. The molecule has 2 heterocycles. The number of imidazole rings is 1. The Bertz CT molecular complexity index is 651. The van der Waals surface area contributed by atoms with Gasteiger partial charge in [-0.2, -0.15) is 0 Å². The lowest BCUT2D eigenvalue weighted by Crippen LogP contribution is -2.28. The zero-order valence-corrected chi connectivity index (χ0v) is 10.0. The molecule has 1 aliphatic rings. The van der Waals surface area contributed by atoms with Gasteiger partial charge < -0.3 is 21.1 Å². The minimum Gasteiger partial charge on any atom is -0.392 e. The fourth-order valence-electron chi connectivity index (χ4n) is 2.45. The molecule has 0 aromatic carbocycles. The van der Waals surface area contributed by atoms with Gasteiger partial charge in [0.05, 0.1) is 24.6 Å². The predicted octanol–water partition coefficient (Wildman–Crippen LogP) is -0.951.